The summed E-state index contributed by atoms with van der Waals surface area (Å²) in [6.07, 6.45) is 3.40. The van der Waals surface area contributed by atoms with Gasteiger partial charge in [0.05, 0.1) is 6.04 Å². The first-order valence-corrected chi connectivity index (χ1v) is 8.67. The lowest BCUT2D eigenvalue weighted by Gasteiger charge is -2.26. The zero-order chi connectivity index (χ0) is 16.9. The Morgan fingerprint density at radius 3 is 2.43 bits per heavy atom. The Labute approximate surface area is 140 Å². The van der Waals surface area contributed by atoms with Gasteiger partial charge in [0.1, 0.15) is 5.60 Å². The van der Waals surface area contributed by atoms with E-state index in [4.69, 9.17) is 4.74 Å². The Morgan fingerprint density at radius 2 is 1.91 bits per heavy atom. The van der Waals surface area contributed by atoms with E-state index in [1.807, 2.05) is 51.1 Å². The van der Waals surface area contributed by atoms with Gasteiger partial charge >= 0.3 is 6.09 Å². The van der Waals surface area contributed by atoms with Crippen molar-refractivity contribution >= 4 is 6.09 Å². The first-order valence-electron chi connectivity index (χ1n) is 8.67. The van der Waals surface area contributed by atoms with Crippen molar-refractivity contribution in [3.63, 3.8) is 0 Å². The third-order valence-corrected chi connectivity index (χ3v) is 4.11. The molecule has 0 radical (unpaired) electrons. The molecule has 4 nitrogen and oxygen atoms in total. The van der Waals surface area contributed by atoms with Crippen LogP contribution < -0.4 is 10.6 Å². The van der Waals surface area contributed by atoms with Crippen molar-refractivity contribution in [1.29, 1.82) is 0 Å². The van der Waals surface area contributed by atoms with E-state index in [1.165, 1.54) is 12.8 Å². The average molecular weight is 318 g/mol. The van der Waals surface area contributed by atoms with Crippen LogP contribution in [-0.4, -0.2) is 24.3 Å². The molecule has 1 aliphatic rings. The Kier molecular flexibility index (Phi) is 6.05. The van der Waals surface area contributed by atoms with E-state index in [-0.39, 0.29) is 12.1 Å². The molecule has 2 atom stereocenters. The summed E-state index contributed by atoms with van der Waals surface area (Å²) >= 11 is 0. The monoisotopic (exact) mass is 318 g/mol. The second-order valence-electron chi connectivity index (χ2n) is 7.37. The van der Waals surface area contributed by atoms with Gasteiger partial charge in [0.15, 0.2) is 0 Å². The van der Waals surface area contributed by atoms with E-state index in [2.05, 4.69) is 17.6 Å². The molecule has 23 heavy (non-hydrogen) atoms. The third-order valence-electron chi connectivity index (χ3n) is 4.11. The number of alkyl carbamates (subject to hydrolysis) is 1. The fourth-order valence-electron chi connectivity index (χ4n) is 2.80. The number of hydrogen-bond acceptors (Lipinski definition) is 3. The minimum Gasteiger partial charge on any atom is -0.444 e. The predicted octanol–water partition coefficient (Wildman–Crippen LogP) is 4.03. The molecule has 1 saturated carbocycles. The maximum Gasteiger partial charge on any atom is 0.408 e. The smallest absolute Gasteiger partial charge is 0.408 e. The van der Waals surface area contributed by atoms with Gasteiger partial charge in [-0.15, -0.1) is 0 Å². The lowest BCUT2D eigenvalue weighted by molar-refractivity contribution is 0.0502. The first-order chi connectivity index (χ1) is 10.9. The summed E-state index contributed by atoms with van der Waals surface area (Å²) in [7, 11) is 0. The van der Waals surface area contributed by atoms with Crippen LogP contribution in [0.3, 0.4) is 0 Å². The summed E-state index contributed by atoms with van der Waals surface area (Å²) in [5.74, 6) is 0.804. The van der Waals surface area contributed by atoms with Crippen LogP contribution in [0.5, 0.6) is 0 Å². The van der Waals surface area contributed by atoms with Gasteiger partial charge in [-0.05, 0) is 51.5 Å². The summed E-state index contributed by atoms with van der Waals surface area (Å²) in [4.78, 5) is 12.1. The minimum atomic E-state index is -0.487. The number of ether oxygens (including phenoxy) is 1. The number of benzene rings is 1. The molecule has 0 heterocycles. The fraction of sp³-hybridized carbons (Fsp3) is 0.632. The van der Waals surface area contributed by atoms with Crippen molar-refractivity contribution in [3.05, 3.63) is 35.9 Å². The Bertz CT molecular complexity index is 492. The van der Waals surface area contributed by atoms with E-state index in [9.17, 15) is 4.79 Å². The van der Waals surface area contributed by atoms with E-state index >= 15 is 0 Å². The van der Waals surface area contributed by atoms with Crippen LogP contribution in [0.1, 0.15) is 58.6 Å². The minimum absolute atomic E-state index is 0.0844. The van der Waals surface area contributed by atoms with Crippen LogP contribution in [0.25, 0.3) is 0 Å². The Hall–Kier alpha value is -1.55. The highest BCUT2D eigenvalue weighted by molar-refractivity contribution is 5.68. The second-order valence-corrected chi connectivity index (χ2v) is 7.37. The summed E-state index contributed by atoms with van der Waals surface area (Å²) < 4.78 is 5.40. The van der Waals surface area contributed by atoms with E-state index < -0.39 is 5.60 Å². The largest absolute Gasteiger partial charge is 0.444 e. The van der Waals surface area contributed by atoms with Gasteiger partial charge in [-0.25, -0.2) is 4.79 Å². The van der Waals surface area contributed by atoms with Gasteiger partial charge < -0.3 is 15.4 Å². The molecule has 2 unspecified atom stereocenters. The Balaban J connectivity index is 1.98. The first kappa shape index (κ1) is 17.8. The van der Waals surface area contributed by atoms with Gasteiger partial charge in [0.2, 0.25) is 0 Å². The standard InChI is InChI=1S/C19H30N2O2/c1-5-16(15-11-12-15)20-13-17(14-9-7-6-8-10-14)21-18(22)23-19(2,3)4/h6-10,15-17,20H,5,11-13H2,1-4H3,(H,21,22). The molecule has 0 saturated heterocycles. The van der Waals surface area contributed by atoms with Gasteiger partial charge in [-0.2, -0.15) is 0 Å². The quantitative estimate of drug-likeness (QED) is 0.798. The molecule has 1 aromatic rings. The van der Waals surface area contributed by atoms with Gasteiger partial charge in [0, 0.05) is 12.6 Å². The summed E-state index contributed by atoms with van der Waals surface area (Å²) in [6, 6.07) is 10.5. The predicted molar refractivity (Wildman–Crippen MR) is 93.4 cm³/mol. The third kappa shape index (κ3) is 6.22. The molecule has 128 valence electrons. The molecule has 2 rings (SSSR count). The molecule has 1 fully saturated rings. The van der Waals surface area contributed by atoms with Crippen molar-refractivity contribution < 1.29 is 9.53 Å². The maximum absolute atomic E-state index is 12.1. The van der Waals surface area contributed by atoms with Crippen LogP contribution in [0.15, 0.2) is 30.3 Å². The number of hydrogen-bond donors (Lipinski definition) is 2. The number of rotatable bonds is 7. The topological polar surface area (TPSA) is 50.4 Å². The highest BCUT2D eigenvalue weighted by Crippen LogP contribution is 2.34. The highest BCUT2D eigenvalue weighted by Gasteiger charge is 2.30. The number of nitrogens with one attached hydrogen (secondary N) is 2. The van der Waals surface area contributed by atoms with Crippen molar-refractivity contribution in [2.75, 3.05) is 6.54 Å². The maximum atomic E-state index is 12.1. The van der Waals surface area contributed by atoms with Gasteiger partial charge in [-0.3, -0.25) is 0 Å². The zero-order valence-electron chi connectivity index (χ0n) is 14.8. The zero-order valence-corrected chi connectivity index (χ0v) is 14.8. The molecule has 1 aromatic carbocycles. The number of amides is 1. The van der Waals surface area contributed by atoms with Crippen molar-refractivity contribution in [1.82, 2.24) is 10.6 Å². The molecule has 2 N–H and O–H groups in total. The number of carbonyl (C=O) groups is 1. The highest BCUT2D eigenvalue weighted by atomic mass is 16.6. The van der Waals surface area contributed by atoms with Crippen LogP contribution in [0, 0.1) is 5.92 Å². The molecule has 0 aliphatic heterocycles. The molecular formula is C19H30N2O2. The fourth-order valence-corrected chi connectivity index (χ4v) is 2.80. The average Bonchev–Trinajstić information content (AvgIpc) is 3.30. The van der Waals surface area contributed by atoms with Crippen LogP contribution in [0.2, 0.25) is 0 Å². The van der Waals surface area contributed by atoms with Crippen molar-refractivity contribution in [3.8, 4) is 0 Å². The second kappa shape index (κ2) is 7.82. The van der Waals surface area contributed by atoms with E-state index in [0.717, 1.165) is 24.4 Å². The van der Waals surface area contributed by atoms with Gasteiger partial charge in [-0.1, -0.05) is 37.3 Å². The SMILES string of the molecule is CCC(NCC(NC(=O)OC(C)(C)C)c1ccccc1)C1CC1. The normalized spacial score (nSPS) is 17.4. The summed E-state index contributed by atoms with van der Waals surface area (Å²) in [5, 5.41) is 6.63. The molecule has 4 heteroatoms. The lowest BCUT2D eigenvalue weighted by atomic mass is 10.1. The lowest BCUT2D eigenvalue weighted by Crippen LogP contribution is -2.42. The molecular weight excluding hydrogens is 288 g/mol. The van der Waals surface area contributed by atoms with Crippen molar-refractivity contribution in [2.45, 2.75) is 64.6 Å². The van der Waals surface area contributed by atoms with Crippen LogP contribution in [-0.2, 0) is 4.74 Å². The summed E-state index contributed by atoms with van der Waals surface area (Å²) in [6.45, 7) is 8.57. The van der Waals surface area contributed by atoms with Crippen LogP contribution >= 0.6 is 0 Å². The molecule has 1 amide bonds. The van der Waals surface area contributed by atoms with E-state index in [0.29, 0.717) is 6.04 Å². The molecule has 0 aromatic heterocycles. The molecule has 0 spiro atoms. The number of carbonyl (C=O) groups excluding carboxylic acids is 1. The summed E-state index contributed by atoms with van der Waals surface area (Å²) in [5.41, 5.74) is 0.607. The molecule has 0 bridgehead atoms. The van der Waals surface area contributed by atoms with Crippen LogP contribution in [0.4, 0.5) is 4.79 Å². The van der Waals surface area contributed by atoms with Crippen molar-refractivity contribution in [2.24, 2.45) is 5.92 Å². The van der Waals surface area contributed by atoms with Gasteiger partial charge in [0.25, 0.3) is 0 Å². The molecule has 1 aliphatic carbocycles. The Morgan fingerprint density at radius 1 is 1.26 bits per heavy atom. The van der Waals surface area contributed by atoms with E-state index in [1.54, 1.807) is 0 Å².